The third kappa shape index (κ3) is 4.42. The van der Waals surface area contributed by atoms with Gasteiger partial charge in [0.1, 0.15) is 17.8 Å². The summed E-state index contributed by atoms with van der Waals surface area (Å²) in [6.07, 6.45) is -2.43. The summed E-state index contributed by atoms with van der Waals surface area (Å²) in [5.41, 5.74) is 4.66. The minimum Gasteiger partial charge on any atom is -0.479 e. The van der Waals surface area contributed by atoms with Crippen LogP contribution >= 0.6 is 7.82 Å². The highest BCUT2D eigenvalue weighted by molar-refractivity contribution is 7.48. The van der Waals surface area contributed by atoms with Gasteiger partial charge in [-0.1, -0.05) is 0 Å². The van der Waals surface area contributed by atoms with Gasteiger partial charge in [-0.3, -0.25) is 22.9 Å². The van der Waals surface area contributed by atoms with E-state index in [1.807, 2.05) is 0 Å². The number of nitrogens with zero attached hydrogens (tertiary/aromatic N) is 4. The number of nitrogens with two attached hydrogens (primary N) is 1. The Labute approximate surface area is 188 Å². The zero-order valence-electron chi connectivity index (χ0n) is 18.5. The monoisotopic (exact) mass is 487 g/mol. The normalized spacial score (nSPS) is 32.5. The fraction of sp³-hybridized carbons (Fsp3) is 0.667. The van der Waals surface area contributed by atoms with E-state index in [-0.39, 0.29) is 37.1 Å². The van der Waals surface area contributed by atoms with E-state index in [2.05, 4.69) is 15.0 Å². The van der Waals surface area contributed by atoms with E-state index < -0.39 is 43.9 Å². The lowest BCUT2D eigenvalue weighted by atomic mass is 9.96. The molecule has 0 amide bonds. The number of aromatic nitrogens is 4. The highest BCUT2D eigenvalue weighted by Gasteiger charge is 2.60. The standard InChI is InChI=1S/C18H26N5O9P/c1-5-28-11(24)6-9(2)31-33(26)29-7-10-13(32-33)18(3,25)16(30-10)23-8-20-12-14(23)21-17(19)22-15(12)27-4/h8-10,13,16,25H,5-7H2,1-4H3,(H2,19,21,22)/t9-,10+,13+,16+,18+,33+/m0/s1. The number of hydrogen-bond acceptors (Lipinski definition) is 13. The van der Waals surface area contributed by atoms with E-state index in [4.69, 9.17) is 33.5 Å². The van der Waals surface area contributed by atoms with Crippen molar-refractivity contribution < 1.29 is 42.2 Å². The first kappa shape index (κ1) is 23.8. The number of phosphoric ester groups is 1. The Bertz CT molecular complexity index is 1090. The van der Waals surface area contributed by atoms with E-state index >= 15 is 0 Å². The molecule has 2 aromatic heterocycles. The molecule has 2 aromatic rings. The number of imidazole rings is 1. The Balaban J connectivity index is 1.56. The Kier molecular flexibility index (Phi) is 6.33. The minimum absolute atomic E-state index is 0.0516. The summed E-state index contributed by atoms with van der Waals surface area (Å²) in [5.74, 6) is -0.393. The van der Waals surface area contributed by atoms with Gasteiger partial charge in [0, 0.05) is 0 Å². The van der Waals surface area contributed by atoms with Crippen LogP contribution in [0.4, 0.5) is 5.95 Å². The molecule has 14 nitrogen and oxygen atoms in total. The van der Waals surface area contributed by atoms with Crippen molar-refractivity contribution >= 4 is 30.9 Å². The second-order valence-corrected chi connectivity index (χ2v) is 9.44. The smallest absolute Gasteiger partial charge is 0.475 e. The average molecular weight is 487 g/mol. The molecule has 33 heavy (non-hydrogen) atoms. The third-order valence-electron chi connectivity index (χ3n) is 5.28. The molecule has 2 aliphatic heterocycles. The molecular weight excluding hydrogens is 461 g/mol. The summed E-state index contributed by atoms with van der Waals surface area (Å²) in [6, 6.07) is 0. The number of rotatable bonds is 7. The summed E-state index contributed by atoms with van der Waals surface area (Å²) in [7, 11) is -2.69. The van der Waals surface area contributed by atoms with Gasteiger partial charge in [0.15, 0.2) is 17.4 Å². The van der Waals surface area contributed by atoms with Crippen LogP contribution in [0.5, 0.6) is 5.88 Å². The van der Waals surface area contributed by atoms with Crippen LogP contribution in [-0.2, 0) is 32.4 Å². The molecule has 15 heteroatoms. The van der Waals surface area contributed by atoms with Gasteiger partial charge >= 0.3 is 13.8 Å². The molecule has 0 bridgehead atoms. The number of carbonyl (C=O) groups is 1. The molecule has 6 atom stereocenters. The Morgan fingerprint density at radius 3 is 2.94 bits per heavy atom. The van der Waals surface area contributed by atoms with Gasteiger partial charge in [-0.25, -0.2) is 9.55 Å². The van der Waals surface area contributed by atoms with E-state index in [0.717, 1.165) is 0 Å². The number of ether oxygens (including phenoxy) is 3. The quantitative estimate of drug-likeness (QED) is 0.417. The number of aliphatic hydroxyl groups is 1. The van der Waals surface area contributed by atoms with Gasteiger partial charge in [-0.05, 0) is 20.8 Å². The molecule has 3 N–H and O–H groups in total. The molecule has 4 rings (SSSR count). The first-order chi connectivity index (χ1) is 15.6. The summed E-state index contributed by atoms with van der Waals surface area (Å²) >= 11 is 0. The van der Waals surface area contributed by atoms with Crippen molar-refractivity contribution in [1.82, 2.24) is 19.5 Å². The molecule has 0 unspecified atom stereocenters. The van der Waals surface area contributed by atoms with Crippen molar-refractivity contribution in [2.75, 3.05) is 26.1 Å². The van der Waals surface area contributed by atoms with Crippen LogP contribution in [-0.4, -0.2) is 74.8 Å². The van der Waals surface area contributed by atoms with E-state index in [9.17, 15) is 14.5 Å². The molecule has 0 radical (unpaired) electrons. The Hall–Kier alpha value is -2.35. The van der Waals surface area contributed by atoms with Crippen LogP contribution < -0.4 is 10.5 Å². The summed E-state index contributed by atoms with van der Waals surface area (Å²) in [4.78, 5) is 24.1. The number of phosphoric acid groups is 1. The molecule has 2 aliphatic rings. The molecule has 2 fully saturated rings. The zero-order chi connectivity index (χ0) is 24.0. The van der Waals surface area contributed by atoms with Crippen molar-refractivity contribution in [3.8, 4) is 5.88 Å². The van der Waals surface area contributed by atoms with Crippen molar-refractivity contribution in [2.45, 2.75) is 57.3 Å². The number of methoxy groups -OCH3 is 1. The van der Waals surface area contributed by atoms with Crippen LogP contribution in [0.3, 0.4) is 0 Å². The molecule has 182 valence electrons. The fourth-order valence-electron chi connectivity index (χ4n) is 3.86. The highest BCUT2D eigenvalue weighted by Crippen LogP contribution is 2.59. The first-order valence-electron chi connectivity index (χ1n) is 10.3. The number of nitrogen functional groups attached to an aromatic ring is 1. The first-order valence-corrected chi connectivity index (χ1v) is 11.7. The van der Waals surface area contributed by atoms with Gasteiger partial charge in [-0.2, -0.15) is 9.97 Å². The van der Waals surface area contributed by atoms with Crippen LogP contribution in [0.15, 0.2) is 6.33 Å². The number of hydrogen-bond donors (Lipinski definition) is 2. The number of fused-ring (bicyclic) bond motifs is 2. The Morgan fingerprint density at radius 2 is 2.24 bits per heavy atom. The van der Waals surface area contributed by atoms with Crippen molar-refractivity contribution in [2.24, 2.45) is 0 Å². The third-order valence-corrected chi connectivity index (χ3v) is 6.85. The van der Waals surface area contributed by atoms with E-state index in [0.29, 0.717) is 5.52 Å². The van der Waals surface area contributed by atoms with Crippen molar-refractivity contribution in [3.63, 3.8) is 0 Å². The SMILES string of the molecule is CCOC(=O)C[C@H](C)O[P@@]1(=O)OC[C@H]2O[C@@H](n3cnc4c(OC)nc(N)nc43)[C@](C)(O)[C@@H]2O1. The predicted octanol–water partition coefficient (Wildman–Crippen LogP) is 0.947. The summed E-state index contributed by atoms with van der Waals surface area (Å²) < 4.78 is 46.9. The molecule has 0 spiro atoms. The van der Waals surface area contributed by atoms with Crippen LogP contribution in [0.25, 0.3) is 11.2 Å². The lowest BCUT2D eigenvalue weighted by Crippen LogP contribution is -2.47. The maximum absolute atomic E-state index is 13.1. The zero-order valence-corrected chi connectivity index (χ0v) is 19.4. The molecule has 0 saturated carbocycles. The average Bonchev–Trinajstić information content (AvgIpc) is 3.25. The second kappa shape index (κ2) is 8.78. The number of esters is 1. The fourth-order valence-corrected chi connectivity index (χ4v) is 5.51. The maximum atomic E-state index is 13.1. The van der Waals surface area contributed by atoms with Crippen LogP contribution in [0, 0.1) is 0 Å². The number of carbonyl (C=O) groups excluding carboxylic acids is 1. The van der Waals surface area contributed by atoms with Gasteiger partial charge in [0.25, 0.3) is 0 Å². The van der Waals surface area contributed by atoms with E-state index in [1.54, 1.807) is 6.92 Å². The molecule has 2 saturated heterocycles. The van der Waals surface area contributed by atoms with Crippen molar-refractivity contribution in [1.29, 1.82) is 0 Å². The second-order valence-electron chi connectivity index (χ2n) is 7.86. The minimum atomic E-state index is -4.10. The van der Waals surface area contributed by atoms with Crippen molar-refractivity contribution in [3.05, 3.63) is 6.33 Å². The molecule has 0 aliphatic carbocycles. The lowest BCUT2D eigenvalue weighted by molar-refractivity contribution is -0.145. The number of anilines is 1. The largest absolute Gasteiger partial charge is 0.479 e. The van der Waals surface area contributed by atoms with Gasteiger partial charge in [-0.15, -0.1) is 0 Å². The molecule has 4 heterocycles. The lowest BCUT2D eigenvalue weighted by Gasteiger charge is -2.35. The topological polar surface area (TPSA) is 179 Å². The molecule has 0 aromatic carbocycles. The summed E-state index contributed by atoms with van der Waals surface area (Å²) in [6.45, 7) is 4.72. The van der Waals surface area contributed by atoms with Gasteiger partial charge in [0.05, 0.1) is 39.2 Å². The highest BCUT2D eigenvalue weighted by atomic mass is 31.2. The molecular formula is C18H26N5O9P. The predicted molar refractivity (Wildman–Crippen MR) is 111 cm³/mol. The van der Waals surface area contributed by atoms with E-state index in [1.165, 1.54) is 31.9 Å². The Morgan fingerprint density at radius 1 is 1.48 bits per heavy atom. The maximum Gasteiger partial charge on any atom is 0.475 e. The summed E-state index contributed by atoms with van der Waals surface area (Å²) in [5, 5.41) is 11.3. The van der Waals surface area contributed by atoms with Gasteiger partial charge in [0.2, 0.25) is 11.8 Å². The van der Waals surface area contributed by atoms with Gasteiger partial charge < -0.3 is 25.1 Å². The van der Waals surface area contributed by atoms with Crippen LogP contribution in [0.2, 0.25) is 0 Å². The van der Waals surface area contributed by atoms with Crippen LogP contribution in [0.1, 0.15) is 33.4 Å².